The number of hydrogen-bond donors (Lipinski definition) is 2. The average molecular weight is 679 g/mol. The van der Waals surface area contributed by atoms with Crippen molar-refractivity contribution in [1.82, 2.24) is 10.6 Å². The Labute approximate surface area is 250 Å². The summed E-state index contributed by atoms with van der Waals surface area (Å²) in [5.41, 5.74) is 0.721. The van der Waals surface area contributed by atoms with Crippen molar-refractivity contribution >= 4 is 29.5 Å². The Morgan fingerprint density at radius 3 is 2.08 bits per heavy atom. The maximum Gasteiger partial charge on any atom is 0.414 e. The molecule has 1 aromatic heterocycles. The lowest BCUT2D eigenvalue weighted by Gasteiger charge is -2.22. The number of amides is 2. The second-order valence-corrected chi connectivity index (χ2v) is 15.3. The number of aliphatic imine (C=N–C) groups is 1. The molecule has 2 amide bonds. The van der Waals surface area contributed by atoms with Crippen molar-refractivity contribution in [2.75, 3.05) is 6.54 Å². The van der Waals surface area contributed by atoms with E-state index in [1.165, 1.54) is 6.45 Å². The number of rotatable bonds is 8. The van der Waals surface area contributed by atoms with Gasteiger partial charge in [-0.05, 0) is 82.7 Å². The van der Waals surface area contributed by atoms with E-state index in [1.807, 2.05) is 30.3 Å². The van der Waals surface area contributed by atoms with Gasteiger partial charge in [-0.3, -0.25) is 15.6 Å². The van der Waals surface area contributed by atoms with Crippen LogP contribution in [-0.2, 0) is 22.5 Å². The molecule has 2 aromatic carbocycles. The van der Waals surface area contributed by atoms with Gasteiger partial charge in [-0.2, -0.15) is 0 Å². The van der Waals surface area contributed by atoms with E-state index >= 15 is 0 Å². The fourth-order valence-corrected chi connectivity index (χ4v) is 7.01. The van der Waals surface area contributed by atoms with Gasteiger partial charge in [-0.15, -0.1) is 0 Å². The summed E-state index contributed by atoms with van der Waals surface area (Å²) >= 11 is 1.39. The molecule has 0 saturated heterocycles. The van der Waals surface area contributed by atoms with Gasteiger partial charge in [-0.25, -0.2) is 9.59 Å². The first-order chi connectivity index (χ1) is 18.9. The van der Waals surface area contributed by atoms with E-state index in [4.69, 9.17) is 14.2 Å². The lowest BCUT2D eigenvalue weighted by atomic mass is 10.1. The molecule has 0 fully saturated rings. The van der Waals surface area contributed by atoms with Crippen molar-refractivity contribution in [3.63, 3.8) is 0 Å². The molecule has 0 atom stereocenters. The van der Waals surface area contributed by atoms with Crippen molar-refractivity contribution in [1.29, 1.82) is 0 Å². The minimum Gasteiger partial charge on any atom is -0.484 e. The first-order valence-corrected chi connectivity index (χ1v) is 15.9. The van der Waals surface area contributed by atoms with Gasteiger partial charge in [-0.1, -0.05) is 47.7 Å². The summed E-state index contributed by atoms with van der Waals surface area (Å²) < 4.78 is 19.5. The second kappa shape index (κ2) is 14.5. The van der Waals surface area contributed by atoms with E-state index in [0.717, 1.165) is 16.9 Å². The molecule has 0 unspecified atom stereocenters. The highest BCUT2D eigenvalue weighted by molar-refractivity contribution is 7.07. The van der Waals surface area contributed by atoms with E-state index in [0.29, 0.717) is 19.6 Å². The third-order valence-corrected chi connectivity index (χ3v) is 9.12. The Hall–Kier alpha value is -3.12. The van der Waals surface area contributed by atoms with Crippen molar-refractivity contribution in [2.24, 2.45) is 4.99 Å². The normalized spacial score (nSPS) is 11.3. The zero-order valence-corrected chi connectivity index (χ0v) is 26.7. The van der Waals surface area contributed by atoms with Gasteiger partial charge < -0.3 is 14.2 Å². The van der Waals surface area contributed by atoms with Crippen molar-refractivity contribution < 1.29 is 45.0 Å². The third kappa shape index (κ3) is 12.0. The van der Waals surface area contributed by atoms with Gasteiger partial charge in [0.15, 0.2) is 5.75 Å². The first kappa shape index (κ1) is 31.4. The molecule has 3 rings (SSSR count). The first-order valence-electron chi connectivity index (χ1n) is 12.9. The number of guanidine groups is 1. The molecule has 8 nitrogen and oxygen atoms in total. The van der Waals surface area contributed by atoms with Crippen LogP contribution in [0.4, 0.5) is 9.59 Å². The number of nitrogens with one attached hydrogen (secondary N) is 2. The molecule has 0 bridgehead atoms. The Balaban J connectivity index is 1.74. The molecular weight excluding hydrogens is 641 g/mol. The number of nitrogens with zero attached hydrogens (tertiary/aromatic N) is 1. The van der Waals surface area contributed by atoms with Gasteiger partial charge in [0.1, 0.15) is 17.8 Å². The summed E-state index contributed by atoms with van der Waals surface area (Å²) in [7, 11) is 0. The highest BCUT2D eigenvalue weighted by Crippen LogP contribution is 2.17. The topological polar surface area (TPSA) is 98.3 Å². The van der Waals surface area contributed by atoms with Crippen molar-refractivity contribution in [2.45, 2.75) is 65.8 Å². The Morgan fingerprint density at radius 1 is 0.850 bits per heavy atom. The molecule has 1 heterocycles. The van der Waals surface area contributed by atoms with Crippen LogP contribution in [-0.4, -0.2) is 35.9 Å². The number of ether oxygens (including phenoxy) is 3. The molecule has 3 aromatic rings. The Morgan fingerprint density at radius 2 is 1.50 bits per heavy atom. The number of benzene rings is 2. The molecule has 0 spiro atoms. The van der Waals surface area contributed by atoms with Crippen LogP contribution < -0.4 is 36.6 Å². The number of halogens is 1. The van der Waals surface area contributed by atoms with Gasteiger partial charge in [0.2, 0.25) is 12.4 Å². The maximum atomic E-state index is 12.4. The summed E-state index contributed by atoms with van der Waals surface area (Å²) in [4.78, 5) is 29.1. The Bertz CT molecular complexity index is 1250. The largest absolute Gasteiger partial charge is 0.484 e. The molecule has 0 aliphatic rings. The van der Waals surface area contributed by atoms with Crippen LogP contribution in [0.2, 0.25) is 0 Å². The molecule has 0 saturated carbocycles. The zero-order chi connectivity index (χ0) is 29.2. The van der Waals surface area contributed by atoms with Crippen LogP contribution >= 0.6 is 11.3 Å². The summed E-state index contributed by atoms with van der Waals surface area (Å²) in [5, 5.41) is 7.13. The fourth-order valence-electron chi connectivity index (χ4n) is 3.25. The number of alkyl carbamates (subject to hydrolysis) is 2. The number of hydrogen-bond acceptors (Lipinski definition) is 7. The van der Waals surface area contributed by atoms with E-state index < -0.39 is 23.4 Å². The lowest BCUT2D eigenvalue weighted by molar-refractivity contribution is -0.592. The van der Waals surface area contributed by atoms with E-state index in [9.17, 15) is 9.59 Å². The van der Waals surface area contributed by atoms with Crippen LogP contribution in [0.15, 0.2) is 71.0 Å². The van der Waals surface area contributed by atoms with Crippen LogP contribution in [0, 0.1) is 6.45 Å². The SMILES string of the molecule is CC(C)(C)OC(=O)NC(=NCCc1ccc([I+]c2cccs2)c(OCc2ccccc2)c1)NC(=O)OC(C)(C)C. The van der Waals surface area contributed by atoms with Crippen molar-refractivity contribution in [3.05, 3.63) is 83.6 Å². The molecule has 0 aliphatic carbocycles. The minimum atomic E-state index is -0.722. The lowest BCUT2D eigenvalue weighted by Crippen LogP contribution is -3.61. The number of carbonyl (C=O) groups is 2. The molecule has 0 aliphatic heterocycles. The molecule has 40 heavy (non-hydrogen) atoms. The highest BCUT2D eigenvalue weighted by atomic mass is 127. The number of carbonyl (C=O) groups excluding carboxylic acids is 2. The van der Waals surface area contributed by atoms with Crippen LogP contribution in [0.1, 0.15) is 52.7 Å². The monoisotopic (exact) mass is 678 g/mol. The van der Waals surface area contributed by atoms with Gasteiger partial charge in [0.05, 0.1) is 0 Å². The minimum absolute atomic E-state index is 0.0377. The van der Waals surface area contributed by atoms with E-state index in [2.05, 4.69) is 51.3 Å². The Kier molecular flexibility index (Phi) is 11.4. The standard InChI is InChI=1S/C30H36IN3O5S/c1-29(2,3)38-27(35)33-26(34-28(36)39-30(4,5)6)32-17-16-21-14-15-23(31-25-13-10-18-40-25)24(19-21)37-20-22-11-8-7-9-12-22/h7-15,18-19H,16-17,20H2,1-6H3,(H-,32,33,34,35,36)/p+1. The summed E-state index contributed by atoms with van der Waals surface area (Å²) in [6.07, 6.45) is -0.879. The number of thiophene rings is 1. The quantitative estimate of drug-likeness (QED) is 0.217. The zero-order valence-electron chi connectivity index (χ0n) is 23.7. The molecular formula is C30H37IN3O5S+. The van der Waals surface area contributed by atoms with Gasteiger partial charge >= 0.3 is 33.4 Å². The summed E-state index contributed by atoms with van der Waals surface area (Å²) in [5.74, 6) is 0.828. The smallest absolute Gasteiger partial charge is 0.414 e. The summed E-state index contributed by atoms with van der Waals surface area (Å²) in [6, 6.07) is 20.6. The predicted molar refractivity (Wildman–Crippen MR) is 154 cm³/mol. The third-order valence-electron chi connectivity index (χ3n) is 4.82. The van der Waals surface area contributed by atoms with Crippen LogP contribution in [0.5, 0.6) is 5.75 Å². The van der Waals surface area contributed by atoms with Gasteiger partial charge in [0, 0.05) is 12.6 Å². The average Bonchev–Trinajstić information content (AvgIpc) is 3.35. The van der Waals surface area contributed by atoms with Gasteiger partial charge in [0.25, 0.3) is 0 Å². The maximum absolute atomic E-state index is 12.4. The highest BCUT2D eigenvalue weighted by Gasteiger charge is 2.24. The molecule has 0 radical (unpaired) electrons. The van der Waals surface area contributed by atoms with Crippen LogP contribution in [0.25, 0.3) is 0 Å². The van der Waals surface area contributed by atoms with Crippen LogP contribution in [0.3, 0.4) is 0 Å². The molecule has 214 valence electrons. The van der Waals surface area contributed by atoms with Crippen molar-refractivity contribution in [3.8, 4) is 5.75 Å². The van der Waals surface area contributed by atoms with E-state index in [1.54, 1.807) is 52.9 Å². The molecule has 10 heteroatoms. The second-order valence-electron chi connectivity index (χ2n) is 10.8. The fraction of sp³-hybridized carbons (Fsp3) is 0.367. The van der Waals surface area contributed by atoms with E-state index in [-0.39, 0.29) is 27.2 Å². The predicted octanol–water partition coefficient (Wildman–Crippen LogP) is 3.40. The molecule has 2 N–H and O–H groups in total. The summed E-state index contributed by atoms with van der Waals surface area (Å²) in [6.45, 7) is 11.3.